The number of ether oxygens (including phenoxy) is 2. The number of rotatable bonds is 7. The van der Waals surface area contributed by atoms with E-state index in [1.165, 1.54) is 5.56 Å². The number of fused-ring (bicyclic) bond motifs is 1. The van der Waals surface area contributed by atoms with Gasteiger partial charge in [-0.3, -0.25) is 14.6 Å². The van der Waals surface area contributed by atoms with Crippen LogP contribution in [0.4, 0.5) is 5.13 Å². The molecule has 0 saturated carbocycles. The zero-order chi connectivity index (χ0) is 20.9. The first-order chi connectivity index (χ1) is 14.6. The van der Waals surface area contributed by atoms with Crippen molar-refractivity contribution >= 4 is 32.6 Å². The Balaban J connectivity index is 1.54. The van der Waals surface area contributed by atoms with Gasteiger partial charge in [0.05, 0.1) is 23.4 Å². The van der Waals surface area contributed by atoms with Gasteiger partial charge in [0.2, 0.25) is 0 Å². The van der Waals surface area contributed by atoms with Gasteiger partial charge in [-0.2, -0.15) is 0 Å². The second kappa shape index (κ2) is 9.55. The van der Waals surface area contributed by atoms with Gasteiger partial charge >= 0.3 is 0 Å². The first-order valence-electron chi connectivity index (χ1n) is 10.3. The van der Waals surface area contributed by atoms with Gasteiger partial charge in [-0.15, -0.1) is 0 Å². The normalized spacial score (nSPS) is 14.7. The number of anilines is 1. The fourth-order valence-corrected chi connectivity index (χ4v) is 4.53. The van der Waals surface area contributed by atoms with Crippen LogP contribution in [0.3, 0.4) is 0 Å². The zero-order valence-electron chi connectivity index (χ0n) is 17.5. The summed E-state index contributed by atoms with van der Waals surface area (Å²) in [5.41, 5.74) is 3.34. The maximum Gasteiger partial charge on any atom is 0.266 e. The molecule has 1 fully saturated rings. The van der Waals surface area contributed by atoms with E-state index in [2.05, 4.69) is 30.9 Å². The molecule has 6 nitrogen and oxygen atoms in total. The lowest BCUT2D eigenvalue weighted by atomic mass is 10.1. The van der Waals surface area contributed by atoms with Crippen molar-refractivity contribution in [3.8, 4) is 5.75 Å². The highest BCUT2D eigenvalue weighted by atomic mass is 32.1. The minimum atomic E-state index is -0.0828. The van der Waals surface area contributed by atoms with Crippen LogP contribution in [0.5, 0.6) is 5.75 Å². The van der Waals surface area contributed by atoms with E-state index in [-0.39, 0.29) is 12.5 Å². The van der Waals surface area contributed by atoms with Crippen LogP contribution < -0.4 is 9.64 Å². The topological polar surface area (TPSA) is 54.9 Å². The summed E-state index contributed by atoms with van der Waals surface area (Å²) in [6, 6.07) is 13.6. The maximum atomic E-state index is 13.1. The first-order valence-corrected chi connectivity index (χ1v) is 11.1. The largest absolute Gasteiger partial charge is 0.484 e. The van der Waals surface area contributed by atoms with Crippen LogP contribution in [-0.4, -0.2) is 61.8 Å². The fraction of sp³-hybridized carbons (Fsp3) is 0.391. The number of aromatic nitrogens is 1. The third kappa shape index (κ3) is 4.80. The molecule has 1 aliphatic rings. The summed E-state index contributed by atoms with van der Waals surface area (Å²) in [6.07, 6.45) is 0. The first kappa shape index (κ1) is 20.8. The van der Waals surface area contributed by atoms with Gasteiger partial charge in [-0.05, 0) is 43.2 Å². The van der Waals surface area contributed by atoms with Crippen molar-refractivity contribution in [3.05, 3.63) is 53.6 Å². The number of para-hydroxylation sites is 1. The van der Waals surface area contributed by atoms with Gasteiger partial charge in [-0.25, -0.2) is 4.98 Å². The van der Waals surface area contributed by atoms with E-state index in [4.69, 9.17) is 14.5 Å². The molecule has 2 heterocycles. The van der Waals surface area contributed by atoms with Gasteiger partial charge in [0.15, 0.2) is 11.7 Å². The number of thiazole rings is 1. The number of amides is 1. The molecule has 1 aromatic heterocycles. The molecule has 3 aromatic rings. The van der Waals surface area contributed by atoms with Crippen molar-refractivity contribution in [2.75, 3.05) is 50.9 Å². The molecule has 0 radical (unpaired) electrons. The summed E-state index contributed by atoms with van der Waals surface area (Å²) in [6.45, 7) is 8.78. The molecule has 0 spiro atoms. The highest BCUT2D eigenvalue weighted by Gasteiger charge is 2.22. The second-order valence-corrected chi connectivity index (χ2v) is 8.46. The van der Waals surface area contributed by atoms with Gasteiger partial charge in [0, 0.05) is 26.2 Å². The Kier molecular flexibility index (Phi) is 6.62. The minimum Gasteiger partial charge on any atom is -0.484 e. The summed E-state index contributed by atoms with van der Waals surface area (Å²) in [4.78, 5) is 22.1. The molecule has 0 atom stereocenters. The van der Waals surface area contributed by atoms with E-state index < -0.39 is 0 Å². The van der Waals surface area contributed by atoms with E-state index in [9.17, 15) is 4.79 Å². The van der Waals surface area contributed by atoms with Gasteiger partial charge in [0.1, 0.15) is 5.75 Å². The van der Waals surface area contributed by atoms with E-state index in [0.29, 0.717) is 12.3 Å². The van der Waals surface area contributed by atoms with Crippen molar-refractivity contribution in [1.82, 2.24) is 9.88 Å². The Labute approximate surface area is 181 Å². The number of morpholine rings is 1. The molecule has 2 aromatic carbocycles. The maximum absolute atomic E-state index is 13.1. The highest BCUT2D eigenvalue weighted by molar-refractivity contribution is 7.22. The van der Waals surface area contributed by atoms with Gasteiger partial charge in [0.25, 0.3) is 5.91 Å². The lowest BCUT2D eigenvalue weighted by molar-refractivity contribution is -0.120. The molecular weight excluding hydrogens is 398 g/mol. The van der Waals surface area contributed by atoms with Crippen LogP contribution in [0, 0.1) is 13.8 Å². The molecule has 0 unspecified atom stereocenters. The number of carbonyl (C=O) groups is 1. The van der Waals surface area contributed by atoms with Crippen LogP contribution >= 0.6 is 11.3 Å². The summed E-state index contributed by atoms with van der Waals surface area (Å²) >= 11 is 1.56. The fourth-order valence-electron chi connectivity index (χ4n) is 3.46. The highest BCUT2D eigenvalue weighted by Crippen LogP contribution is 2.32. The summed E-state index contributed by atoms with van der Waals surface area (Å²) < 4.78 is 12.3. The third-order valence-electron chi connectivity index (χ3n) is 5.45. The van der Waals surface area contributed by atoms with Crippen molar-refractivity contribution in [3.63, 3.8) is 0 Å². The van der Waals surface area contributed by atoms with Gasteiger partial charge < -0.3 is 9.47 Å². The predicted octanol–water partition coefficient (Wildman–Crippen LogP) is 3.66. The summed E-state index contributed by atoms with van der Waals surface area (Å²) in [5.74, 6) is 0.607. The van der Waals surface area contributed by atoms with Crippen molar-refractivity contribution in [2.45, 2.75) is 13.8 Å². The zero-order valence-corrected chi connectivity index (χ0v) is 18.3. The van der Waals surface area contributed by atoms with Crippen LogP contribution in [-0.2, 0) is 9.53 Å². The van der Waals surface area contributed by atoms with Crippen molar-refractivity contribution in [2.24, 2.45) is 0 Å². The molecule has 0 aliphatic carbocycles. The molecule has 4 rings (SSSR count). The Bertz CT molecular complexity index is 1000. The van der Waals surface area contributed by atoms with E-state index in [1.807, 2.05) is 30.3 Å². The molecule has 0 N–H and O–H groups in total. The van der Waals surface area contributed by atoms with Crippen LogP contribution in [0.15, 0.2) is 42.5 Å². The van der Waals surface area contributed by atoms with Crippen molar-refractivity contribution < 1.29 is 14.3 Å². The Morgan fingerprint density at radius 2 is 1.93 bits per heavy atom. The number of hydrogen-bond acceptors (Lipinski definition) is 6. The Hall–Kier alpha value is -2.48. The summed E-state index contributed by atoms with van der Waals surface area (Å²) in [7, 11) is 0. The smallest absolute Gasteiger partial charge is 0.266 e. The van der Waals surface area contributed by atoms with Crippen LogP contribution in [0.1, 0.15) is 11.1 Å². The number of carbonyl (C=O) groups excluding carboxylic acids is 1. The molecular formula is C23H27N3O3S. The standard InChI is InChI=1S/C23H27N3O3S/c1-17-8-9-20-22(18(17)2)24-23(30-20)26(11-10-25-12-14-28-15-13-25)21(27)16-29-19-6-4-3-5-7-19/h3-9H,10-16H2,1-2H3. The number of nitrogens with zero attached hydrogens (tertiary/aromatic N) is 3. The number of aryl methyl sites for hydroxylation is 2. The quantitative estimate of drug-likeness (QED) is 0.578. The average molecular weight is 426 g/mol. The molecule has 7 heteroatoms. The molecule has 0 bridgehead atoms. The number of benzene rings is 2. The van der Waals surface area contributed by atoms with Crippen molar-refractivity contribution in [1.29, 1.82) is 0 Å². The Morgan fingerprint density at radius 3 is 2.70 bits per heavy atom. The van der Waals surface area contributed by atoms with E-state index in [1.54, 1.807) is 16.2 Å². The van der Waals surface area contributed by atoms with E-state index in [0.717, 1.165) is 53.8 Å². The lowest BCUT2D eigenvalue weighted by Crippen LogP contribution is -2.44. The van der Waals surface area contributed by atoms with Crippen LogP contribution in [0.25, 0.3) is 10.2 Å². The summed E-state index contributed by atoms with van der Waals surface area (Å²) in [5, 5.41) is 0.730. The molecule has 158 valence electrons. The molecule has 1 saturated heterocycles. The second-order valence-electron chi connectivity index (χ2n) is 7.45. The molecule has 1 aliphatic heterocycles. The van der Waals surface area contributed by atoms with E-state index >= 15 is 0 Å². The third-order valence-corrected chi connectivity index (χ3v) is 6.50. The lowest BCUT2D eigenvalue weighted by Gasteiger charge is -2.29. The number of hydrogen-bond donors (Lipinski definition) is 0. The monoisotopic (exact) mass is 425 g/mol. The molecule has 1 amide bonds. The minimum absolute atomic E-state index is 0.0128. The molecule has 30 heavy (non-hydrogen) atoms. The Morgan fingerprint density at radius 1 is 1.17 bits per heavy atom. The predicted molar refractivity (Wildman–Crippen MR) is 121 cm³/mol. The van der Waals surface area contributed by atoms with Gasteiger partial charge in [-0.1, -0.05) is 35.6 Å². The van der Waals surface area contributed by atoms with Crippen LogP contribution in [0.2, 0.25) is 0 Å². The average Bonchev–Trinajstić information content (AvgIpc) is 3.21. The SMILES string of the molecule is Cc1ccc2sc(N(CCN3CCOCC3)C(=O)COc3ccccc3)nc2c1C.